The summed E-state index contributed by atoms with van der Waals surface area (Å²) in [5, 5.41) is 0. The number of benzene rings is 3. The van der Waals surface area contributed by atoms with Gasteiger partial charge in [0.2, 0.25) is 29.5 Å². The number of rotatable bonds is 21. The van der Waals surface area contributed by atoms with E-state index in [0.29, 0.717) is 80.5 Å². The summed E-state index contributed by atoms with van der Waals surface area (Å²) in [5.74, 6) is 6.15. The van der Waals surface area contributed by atoms with Gasteiger partial charge in [0.1, 0.15) is 36.0 Å². The van der Waals surface area contributed by atoms with Crippen LogP contribution >= 0.6 is 34.8 Å². The number of piperidine rings is 2. The Hall–Kier alpha value is -5.54. The third kappa shape index (κ3) is 16.8. The molecule has 14 nitrogen and oxygen atoms in total. The first kappa shape index (κ1) is 53.3. The molecule has 0 radical (unpaired) electrons. The van der Waals surface area contributed by atoms with Crippen LogP contribution in [0.1, 0.15) is 94.6 Å². The van der Waals surface area contributed by atoms with Crippen molar-refractivity contribution in [1.82, 2.24) is 29.7 Å². The van der Waals surface area contributed by atoms with Gasteiger partial charge in [-0.3, -0.25) is 9.59 Å². The van der Waals surface area contributed by atoms with Crippen molar-refractivity contribution in [1.29, 1.82) is 0 Å². The lowest BCUT2D eigenvalue weighted by Crippen LogP contribution is -2.34. The van der Waals surface area contributed by atoms with E-state index >= 15 is 0 Å². The zero-order valence-corrected chi connectivity index (χ0v) is 42.9. The number of ether oxygens (including phenoxy) is 3. The minimum Gasteiger partial charge on any atom is -0.494 e. The zero-order chi connectivity index (χ0) is 49.6. The predicted molar refractivity (Wildman–Crippen MR) is 276 cm³/mol. The molecule has 1 unspecified atom stereocenters. The van der Waals surface area contributed by atoms with Gasteiger partial charge in [0.15, 0.2) is 0 Å². The van der Waals surface area contributed by atoms with Gasteiger partial charge in [0, 0.05) is 67.0 Å². The van der Waals surface area contributed by atoms with Crippen molar-refractivity contribution >= 4 is 46.6 Å². The highest BCUT2D eigenvalue weighted by atomic mass is 35.5. The number of likely N-dealkylation sites (tertiary alicyclic amines) is 3. The maximum absolute atomic E-state index is 12.0. The molecular weight excluding hydrogens is 967 g/mol. The van der Waals surface area contributed by atoms with E-state index in [-0.39, 0.29) is 11.8 Å². The summed E-state index contributed by atoms with van der Waals surface area (Å²) >= 11 is 16.9. The van der Waals surface area contributed by atoms with Crippen LogP contribution in [-0.2, 0) is 28.6 Å². The molecule has 6 aromatic rings. The number of carbonyl (C=O) groups is 2. The average Bonchev–Trinajstić information content (AvgIpc) is 4.25. The fraction of sp³-hybridized carbons (Fsp3) is 0.463. The number of aromatic nitrogens is 3. The Balaban J connectivity index is 0.000000161. The van der Waals surface area contributed by atoms with Gasteiger partial charge in [-0.25, -0.2) is 15.0 Å². The van der Waals surface area contributed by atoms with Crippen LogP contribution in [0.2, 0.25) is 0 Å². The monoisotopic (exact) mass is 1030 g/mol. The maximum atomic E-state index is 12.0. The molecule has 71 heavy (non-hydrogen) atoms. The van der Waals surface area contributed by atoms with Crippen molar-refractivity contribution in [2.75, 3.05) is 57.8 Å². The van der Waals surface area contributed by atoms with Gasteiger partial charge in [-0.2, -0.15) is 0 Å². The molecule has 0 aliphatic carbocycles. The Morgan fingerprint density at radius 1 is 0.535 bits per heavy atom. The highest BCUT2D eigenvalue weighted by Crippen LogP contribution is 2.27. The SMILES string of the molecule is CC1CCCN1CCCOc1ccc(-c2nc(CN3CCCCC3=O)co2)cc1.ClCCCOc1ccc(-c2nc(CCl)co2)cc1.O=C1CCCCN1Cc1coc(-c2ccc(OCCCCl)cc2)n1. The number of halogens is 3. The Labute approximate surface area is 431 Å². The number of amides is 2. The average molecular weight is 1030 g/mol. The Bertz CT molecular complexity index is 2500. The number of hydrogen-bond donors (Lipinski definition) is 0. The van der Waals surface area contributed by atoms with E-state index in [1.807, 2.05) is 82.6 Å². The van der Waals surface area contributed by atoms with Gasteiger partial charge in [0.25, 0.3) is 0 Å². The predicted octanol–water partition coefficient (Wildman–Crippen LogP) is 12.1. The Morgan fingerprint density at radius 2 is 0.944 bits per heavy atom. The second-order valence-electron chi connectivity index (χ2n) is 17.7. The smallest absolute Gasteiger partial charge is 0.226 e. The Morgan fingerprint density at radius 3 is 1.31 bits per heavy atom. The maximum Gasteiger partial charge on any atom is 0.226 e. The lowest BCUT2D eigenvalue weighted by atomic mass is 10.1. The first-order valence-electron chi connectivity index (χ1n) is 24.8. The summed E-state index contributed by atoms with van der Waals surface area (Å²) in [7, 11) is 0. The first-order valence-corrected chi connectivity index (χ1v) is 26.4. The minimum atomic E-state index is 0.198. The minimum absolute atomic E-state index is 0.198. The van der Waals surface area contributed by atoms with Crippen LogP contribution in [0.4, 0.5) is 0 Å². The summed E-state index contributed by atoms with van der Waals surface area (Å²) < 4.78 is 33.5. The van der Waals surface area contributed by atoms with Gasteiger partial charge in [-0.1, -0.05) is 0 Å². The van der Waals surface area contributed by atoms with E-state index in [0.717, 1.165) is 122 Å². The molecule has 380 valence electrons. The van der Waals surface area contributed by atoms with E-state index in [1.54, 1.807) is 18.8 Å². The van der Waals surface area contributed by atoms with Gasteiger partial charge < -0.3 is 42.2 Å². The van der Waals surface area contributed by atoms with Crippen molar-refractivity contribution in [3.8, 4) is 51.6 Å². The van der Waals surface area contributed by atoms with Crippen LogP contribution in [0.15, 0.2) is 105 Å². The summed E-state index contributed by atoms with van der Waals surface area (Å²) in [6, 6.07) is 23.8. The molecule has 3 saturated heterocycles. The molecule has 0 N–H and O–H groups in total. The van der Waals surface area contributed by atoms with Crippen molar-refractivity contribution in [2.45, 2.75) is 103 Å². The van der Waals surface area contributed by atoms with Crippen LogP contribution in [0, 0.1) is 0 Å². The molecule has 3 fully saturated rings. The largest absolute Gasteiger partial charge is 0.494 e. The molecule has 0 spiro atoms. The zero-order valence-electron chi connectivity index (χ0n) is 40.6. The molecular formula is C54H65Cl3N6O8. The van der Waals surface area contributed by atoms with Crippen LogP contribution in [0.3, 0.4) is 0 Å². The van der Waals surface area contributed by atoms with Crippen LogP contribution in [0.5, 0.6) is 17.2 Å². The molecule has 3 aliphatic heterocycles. The highest BCUT2D eigenvalue weighted by molar-refractivity contribution is 6.18. The van der Waals surface area contributed by atoms with Crippen molar-refractivity contribution < 1.29 is 37.1 Å². The molecule has 0 bridgehead atoms. The molecule has 0 saturated carbocycles. The topological polar surface area (TPSA) is 150 Å². The normalized spacial score (nSPS) is 16.0. The fourth-order valence-corrected chi connectivity index (χ4v) is 8.67. The second-order valence-corrected chi connectivity index (χ2v) is 18.7. The van der Waals surface area contributed by atoms with Gasteiger partial charge >= 0.3 is 0 Å². The molecule has 6 heterocycles. The molecule has 9 rings (SSSR count). The van der Waals surface area contributed by atoms with E-state index in [9.17, 15) is 9.59 Å². The van der Waals surface area contributed by atoms with E-state index in [2.05, 4.69) is 26.8 Å². The standard InChI is InChI=1S/C23H31N3O3.C18H21ClN2O3.C13H13Cl2NO2/c1-18-6-4-13-25(18)14-5-15-28-21-10-8-19(9-11-21)23-24-20(17-29-23)16-26-12-3-2-7-22(26)27;19-9-3-11-23-16-7-5-14(6-8-16)18-20-15(13-24-18)12-21-10-2-1-4-17(21)22;14-6-1-7-17-12-4-2-10(3-5-12)13-16-11(8-15)9-18-13/h8-11,17-18H,2-7,12-16H2,1H3;5-8,13H,1-4,9-12H2;2-5,9H,1,6-8H2. The number of hydrogen-bond acceptors (Lipinski definition) is 12. The number of nitrogens with zero attached hydrogens (tertiary/aromatic N) is 6. The van der Waals surface area contributed by atoms with Gasteiger partial charge in [0.05, 0.1) is 55.9 Å². The summed E-state index contributed by atoms with van der Waals surface area (Å²) in [5.41, 5.74) is 5.01. The van der Waals surface area contributed by atoms with Gasteiger partial charge in [-0.05, 0) is 144 Å². The molecule has 17 heteroatoms. The third-order valence-corrected chi connectivity index (χ3v) is 13.1. The fourth-order valence-electron chi connectivity index (χ4n) is 8.33. The number of oxazole rings is 3. The number of alkyl halides is 3. The van der Waals surface area contributed by atoms with Crippen molar-refractivity contribution in [2.24, 2.45) is 0 Å². The van der Waals surface area contributed by atoms with Crippen LogP contribution < -0.4 is 14.2 Å². The summed E-state index contributed by atoms with van der Waals surface area (Å²) in [6.45, 7) is 9.26. The molecule has 2 amide bonds. The summed E-state index contributed by atoms with van der Waals surface area (Å²) in [4.78, 5) is 43.4. The first-order chi connectivity index (χ1) is 34.8. The van der Waals surface area contributed by atoms with Crippen LogP contribution in [-0.4, -0.2) is 105 Å². The molecule has 3 aromatic heterocycles. The molecule has 1 atom stereocenters. The van der Waals surface area contributed by atoms with Crippen molar-refractivity contribution in [3.05, 3.63) is 109 Å². The van der Waals surface area contributed by atoms with E-state index in [1.165, 1.54) is 19.4 Å². The second kappa shape index (κ2) is 28.5. The highest BCUT2D eigenvalue weighted by Gasteiger charge is 2.22. The summed E-state index contributed by atoms with van der Waals surface area (Å²) in [6.07, 6.45) is 15.6. The lowest BCUT2D eigenvalue weighted by Gasteiger charge is -2.25. The third-order valence-electron chi connectivity index (χ3n) is 12.3. The van der Waals surface area contributed by atoms with Crippen LogP contribution in [0.25, 0.3) is 34.4 Å². The van der Waals surface area contributed by atoms with E-state index < -0.39 is 0 Å². The molecule has 3 aromatic carbocycles. The number of carbonyl (C=O) groups excluding carboxylic acids is 2. The van der Waals surface area contributed by atoms with E-state index in [4.69, 9.17) is 62.3 Å². The Kier molecular flexibility index (Phi) is 21.4. The van der Waals surface area contributed by atoms with Crippen molar-refractivity contribution in [3.63, 3.8) is 0 Å². The quantitative estimate of drug-likeness (QED) is 0.0499. The molecule has 3 aliphatic rings. The lowest BCUT2D eigenvalue weighted by molar-refractivity contribution is -0.134. The van der Waals surface area contributed by atoms with Gasteiger partial charge in [-0.15, -0.1) is 34.8 Å².